The fourth-order valence-corrected chi connectivity index (χ4v) is 2.56. The van der Waals surface area contributed by atoms with E-state index in [1.807, 2.05) is 0 Å². The zero-order valence-electron chi connectivity index (χ0n) is 12.8. The number of carbonyl (C=O) groups is 1. The van der Waals surface area contributed by atoms with Crippen molar-refractivity contribution in [2.45, 2.75) is 0 Å². The molecule has 0 bridgehead atoms. The van der Waals surface area contributed by atoms with Crippen LogP contribution in [-0.4, -0.2) is 27.2 Å². The molecule has 0 aliphatic heterocycles. The number of anilines is 1. The molecule has 0 saturated carbocycles. The Morgan fingerprint density at radius 1 is 1.00 bits per heavy atom. The van der Waals surface area contributed by atoms with Gasteiger partial charge in [-0.1, -0.05) is 11.6 Å². The van der Waals surface area contributed by atoms with E-state index in [1.54, 1.807) is 44.6 Å². The Labute approximate surface area is 153 Å². The van der Waals surface area contributed by atoms with Gasteiger partial charge in [-0.25, -0.2) is 0 Å². The first-order valence-electron chi connectivity index (χ1n) is 6.56. The van der Waals surface area contributed by atoms with Crippen molar-refractivity contribution < 1.29 is 19.0 Å². The van der Waals surface area contributed by atoms with Crippen molar-refractivity contribution in [2.24, 2.45) is 0 Å². The molecule has 1 amide bonds. The van der Waals surface area contributed by atoms with Gasteiger partial charge in [0.1, 0.15) is 17.2 Å². The molecule has 0 aliphatic rings. The van der Waals surface area contributed by atoms with E-state index in [0.717, 1.165) is 3.57 Å². The molecule has 23 heavy (non-hydrogen) atoms. The third kappa shape index (κ3) is 4.20. The zero-order chi connectivity index (χ0) is 17.0. The molecule has 0 spiro atoms. The van der Waals surface area contributed by atoms with Crippen molar-refractivity contribution in [1.82, 2.24) is 0 Å². The topological polar surface area (TPSA) is 56.8 Å². The summed E-state index contributed by atoms with van der Waals surface area (Å²) in [5.41, 5.74) is 0.891. The number of methoxy groups -OCH3 is 3. The largest absolute Gasteiger partial charge is 0.497 e. The normalized spacial score (nSPS) is 10.1. The molecule has 122 valence electrons. The molecule has 0 unspecified atom stereocenters. The first kappa shape index (κ1) is 17.7. The van der Waals surface area contributed by atoms with Crippen LogP contribution in [0.3, 0.4) is 0 Å². The van der Waals surface area contributed by atoms with Crippen LogP contribution in [0.4, 0.5) is 5.69 Å². The van der Waals surface area contributed by atoms with E-state index < -0.39 is 0 Å². The Kier molecular flexibility index (Phi) is 5.95. The quantitative estimate of drug-likeness (QED) is 0.697. The lowest BCUT2D eigenvalue weighted by Gasteiger charge is -2.12. The van der Waals surface area contributed by atoms with Gasteiger partial charge >= 0.3 is 0 Å². The van der Waals surface area contributed by atoms with Crippen molar-refractivity contribution in [2.75, 3.05) is 26.6 Å². The minimum atomic E-state index is -0.338. The second-order valence-electron chi connectivity index (χ2n) is 4.52. The van der Waals surface area contributed by atoms with E-state index in [-0.39, 0.29) is 5.91 Å². The number of benzene rings is 2. The molecular weight excluding hydrogens is 433 g/mol. The molecule has 0 saturated heterocycles. The first-order chi connectivity index (χ1) is 11.0. The van der Waals surface area contributed by atoms with Gasteiger partial charge in [0.05, 0.1) is 31.9 Å². The van der Waals surface area contributed by atoms with Gasteiger partial charge in [-0.3, -0.25) is 4.79 Å². The zero-order valence-corrected chi connectivity index (χ0v) is 15.7. The van der Waals surface area contributed by atoms with Crippen molar-refractivity contribution in [3.05, 3.63) is 44.5 Å². The Morgan fingerprint density at radius 2 is 1.61 bits per heavy atom. The monoisotopic (exact) mass is 447 g/mol. The molecule has 2 aromatic carbocycles. The highest BCUT2D eigenvalue weighted by Gasteiger charge is 2.16. The summed E-state index contributed by atoms with van der Waals surface area (Å²) in [5, 5.41) is 3.27. The maximum atomic E-state index is 12.5. The van der Waals surface area contributed by atoms with Gasteiger partial charge in [0.2, 0.25) is 0 Å². The van der Waals surface area contributed by atoms with E-state index in [2.05, 4.69) is 27.9 Å². The molecule has 2 aromatic rings. The van der Waals surface area contributed by atoms with Crippen LogP contribution in [0.25, 0.3) is 0 Å². The van der Waals surface area contributed by atoms with Gasteiger partial charge in [0.25, 0.3) is 5.91 Å². The summed E-state index contributed by atoms with van der Waals surface area (Å²) >= 11 is 8.18. The number of nitrogens with one attached hydrogen (secondary N) is 1. The van der Waals surface area contributed by atoms with E-state index in [1.165, 1.54) is 7.11 Å². The highest BCUT2D eigenvalue weighted by atomic mass is 127. The van der Waals surface area contributed by atoms with Gasteiger partial charge in [0, 0.05) is 27.5 Å². The van der Waals surface area contributed by atoms with Crippen molar-refractivity contribution >= 4 is 45.8 Å². The summed E-state index contributed by atoms with van der Waals surface area (Å²) in [6.45, 7) is 0. The van der Waals surface area contributed by atoms with Crippen LogP contribution in [0.15, 0.2) is 30.3 Å². The van der Waals surface area contributed by atoms with Crippen molar-refractivity contribution in [3.8, 4) is 17.2 Å². The van der Waals surface area contributed by atoms with Crippen LogP contribution in [0.2, 0.25) is 5.02 Å². The highest BCUT2D eigenvalue weighted by Crippen LogP contribution is 2.30. The first-order valence-corrected chi connectivity index (χ1v) is 8.01. The Morgan fingerprint density at radius 3 is 2.13 bits per heavy atom. The van der Waals surface area contributed by atoms with Crippen molar-refractivity contribution in [1.29, 1.82) is 0 Å². The molecule has 0 aromatic heterocycles. The highest BCUT2D eigenvalue weighted by molar-refractivity contribution is 14.1. The van der Waals surface area contributed by atoms with Crippen LogP contribution < -0.4 is 19.5 Å². The third-order valence-electron chi connectivity index (χ3n) is 3.10. The molecule has 7 heteroatoms. The summed E-state index contributed by atoms with van der Waals surface area (Å²) in [6.07, 6.45) is 0. The summed E-state index contributed by atoms with van der Waals surface area (Å²) in [6, 6.07) is 8.40. The van der Waals surface area contributed by atoms with Crippen LogP contribution in [-0.2, 0) is 0 Å². The molecular formula is C16H15ClINO4. The second-order valence-corrected chi connectivity index (χ2v) is 6.09. The smallest absolute Gasteiger partial charge is 0.259 e. The number of hydrogen-bond acceptors (Lipinski definition) is 4. The minimum Gasteiger partial charge on any atom is -0.497 e. The van der Waals surface area contributed by atoms with Gasteiger partial charge < -0.3 is 19.5 Å². The fourth-order valence-electron chi connectivity index (χ4n) is 1.95. The van der Waals surface area contributed by atoms with Gasteiger partial charge in [-0.05, 0) is 34.7 Å². The number of ether oxygens (including phenoxy) is 3. The van der Waals surface area contributed by atoms with Gasteiger partial charge in [0.15, 0.2) is 0 Å². The average Bonchev–Trinajstić information content (AvgIpc) is 2.56. The summed E-state index contributed by atoms with van der Waals surface area (Å²) in [5.74, 6) is 1.26. The predicted molar refractivity (Wildman–Crippen MR) is 98.2 cm³/mol. The second kappa shape index (κ2) is 7.74. The standard InChI is InChI=1S/C16H15ClINO4/c1-21-10-4-9(5-11(6-10)22-2)19-16(20)12-7-13(17)14(18)8-15(12)23-3/h4-8H,1-3H3,(H,19,20). The van der Waals surface area contributed by atoms with E-state index in [4.69, 9.17) is 25.8 Å². The maximum absolute atomic E-state index is 12.5. The number of halogens is 2. The van der Waals surface area contributed by atoms with E-state index >= 15 is 0 Å². The SMILES string of the molecule is COc1cc(NC(=O)c2cc(Cl)c(I)cc2OC)cc(OC)c1. The number of carbonyl (C=O) groups excluding carboxylic acids is 1. The fraction of sp³-hybridized carbons (Fsp3) is 0.188. The minimum absolute atomic E-state index is 0.338. The van der Waals surface area contributed by atoms with Crippen LogP contribution in [0, 0.1) is 3.57 Å². The lowest BCUT2D eigenvalue weighted by molar-refractivity contribution is 0.102. The maximum Gasteiger partial charge on any atom is 0.259 e. The van der Waals surface area contributed by atoms with Crippen LogP contribution in [0.5, 0.6) is 17.2 Å². The van der Waals surface area contributed by atoms with Crippen LogP contribution in [0.1, 0.15) is 10.4 Å². The molecule has 5 nitrogen and oxygen atoms in total. The van der Waals surface area contributed by atoms with E-state index in [9.17, 15) is 4.79 Å². The third-order valence-corrected chi connectivity index (χ3v) is 4.62. The molecule has 1 N–H and O–H groups in total. The number of rotatable bonds is 5. The average molecular weight is 448 g/mol. The van der Waals surface area contributed by atoms with Crippen molar-refractivity contribution in [3.63, 3.8) is 0 Å². The molecule has 2 rings (SSSR count). The molecule has 0 radical (unpaired) electrons. The number of amides is 1. The molecule has 0 aliphatic carbocycles. The molecule has 0 atom stereocenters. The molecule has 0 fully saturated rings. The van der Waals surface area contributed by atoms with Crippen LogP contribution >= 0.6 is 34.2 Å². The summed E-state index contributed by atoms with van der Waals surface area (Å²) in [7, 11) is 4.59. The summed E-state index contributed by atoms with van der Waals surface area (Å²) < 4.78 is 16.4. The van der Waals surface area contributed by atoms with Gasteiger partial charge in [-0.15, -0.1) is 0 Å². The molecule has 0 heterocycles. The van der Waals surface area contributed by atoms with Gasteiger partial charge in [-0.2, -0.15) is 0 Å². The Balaban J connectivity index is 2.34. The Bertz CT molecular complexity index is 714. The Hall–Kier alpha value is -1.67. The summed E-state index contributed by atoms with van der Waals surface area (Å²) in [4.78, 5) is 12.5. The lowest BCUT2D eigenvalue weighted by Crippen LogP contribution is -2.13. The van der Waals surface area contributed by atoms with E-state index in [0.29, 0.717) is 33.5 Å². The lowest BCUT2D eigenvalue weighted by atomic mass is 10.1. The number of hydrogen-bond donors (Lipinski definition) is 1. The predicted octanol–water partition coefficient (Wildman–Crippen LogP) is 4.22.